The van der Waals surface area contributed by atoms with Crippen LogP contribution in [0.15, 0.2) is 0 Å². The van der Waals surface area contributed by atoms with Gasteiger partial charge in [0.1, 0.15) is 0 Å². The largest absolute Gasteiger partial charge is 0.456 e. The van der Waals surface area contributed by atoms with Gasteiger partial charge < -0.3 is 9.64 Å². The van der Waals surface area contributed by atoms with E-state index in [1.165, 1.54) is 13.3 Å². The minimum Gasteiger partial charge on any atom is -0.456 e. The van der Waals surface area contributed by atoms with E-state index in [0.29, 0.717) is 19.0 Å². The lowest BCUT2D eigenvalue weighted by molar-refractivity contribution is -0.169. The third-order valence-corrected chi connectivity index (χ3v) is 4.55. The van der Waals surface area contributed by atoms with E-state index in [4.69, 9.17) is 4.74 Å². The summed E-state index contributed by atoms with van der Waals surface area (Å²) in [6, 6.07) is 0.379. The summed E-state index contributed by atoms with van der Waals surface area (Å²) in [4.78, 5) is 25.6. The molecule has 4 nitrogen and oxygen atoms in total. The second kappa shape index (κ2) is 6.28. The first-order valence-electron chi connectivity index (χ1n) is 7.64. The molecule has 0 radical (unpaired) electrons. The molecule has 2 rings (SSSR count). The number of carbonyl (C=O) groups is 2. The molecule has 21 heavy (non-hydrogen) atoms. The first kappa shape index (κ1) is 16.2. The Morgan fingerprint density at radius 3 is 2.57 bits per heavy atom. The topological polar surface area (TPSA) is 46.6 Å². The van der Waals surface area contributed by atoms with Crippen molar-refractivity contribution < 1.29 is 23.1 Å². The molecule has 6 heteroatoms. The number of likely N-dealkylation sites (tertiary alicyclic amines) is 1. The second-order valence-electron chi connectivity index (χ2n) is 6.32. The Bertz CT molecular complexity index is 404. The molecule has 1 aliphatic heterocycles. The number of nitrogens with zero attached hydrogens (tertiary/aromatic N) is 1. The average molecular weight is 303 g/mol. The molecule has 1 saturated carbocycles. The second-order valence-corrected chi connectivity index (χ2v) is 6.32. The third-order valence-electron chi connectivity index (χ3n) is 4.55. The van der Waals surface area contributed by atoms with Crippen molar-refractivity contribution in [3.63, 3.8) is 0 Å². The van der Waals surface area contributed by atoms with Crippen LogP contribution < -0.4 is 0 Å². The lowest BCUT2D eigenvalue weighted by atomic mass is 9.86. The molecule has 1 aliphatic carbocycles. The van der Waals surface area contributed by atoms with E-state index in [0.717, 1.165) is 26.2 Å². The van der Waals surface area contributed by atoms with Crippen LogP contribution >= 0.6 is 0 Å². The van der Waals surface area contributed by atoms with Crippen molar-refractivity contribution in [1.82, 2.24) is 4.90 Å². The van der Waals surface area contributed by atoms with Gasteiger partial charge in [-0.2, -0.15) is 0 Å². The normalized spacial score (nSPS) is 25.4. The van der Waals surface area contributed by atoms with Gasteiger partial charge in [0.15, 0.2) is 6.10 Å². The number of esters is 1. The zero-order chi connectivity index (χ0) is 15.6. The fourth-order valence-electron chi connectivity index (χ4n) is 2.76. The van der Waals surface area contributed by atoms with Crippen LogP contribution in [-0.2, 0) is 14.3 Å². The molecule has 2 atom stereocenters. The van der Waals surface area contributed by atoms with E-state index in [1.807, 2.05) is 4.90 Å². The van der Waals surface area contributed by atoms with Crippen LogP contribution in [-0.4, -0.2) is 41.4 Å². The highest BCUT2D eigenvalue weighted by atomic mass is 19.3. The van der Waals surface area contributed by atoms with Crippen LogP contribution in [0.2, 0.25) is 0 Å². The highest BCUT2D eigenvalue weighted by molar-refractivity contribution is 5.79. The number of alkyl halides is 2. The standard InChI is InChI=1S/C15H23F2NO3/c1-10(15(2,16)17)21-14(20)9-11-6-7-18(13(19)8-11)12-4-3-5-12/h10-12H,3-9H2,1-2H3. The number of rotatable bonds is 5. The van der Waals surface area contributed by atoms with Gasteiger partial charge in [-0.15, -0.1) is 0 Å². The number of amides is 1. The Morgan fingerprint density at radius 2 is 2.10 bits per heavy atom. The summed E-state index contributed by atoms with van der Waals surface area (Å²) in [6.07, 6.45) is 2.99. The molecule has 0 bridgehead atoms. The molecule has 1 amide bonds. The molecule has 1 heterocycles. The van der Waals surface area contributed by atoms with Crippen molar-refractivity contribution in [3.05, 3.63) is 0 Å². The minimum atomic E-state index is -3.04. The van der Waals surface area contributed by atoms with Crippen molar-refractivity contribution in [2.75, 3.05) is 6.54 Å². The fraction of sp³-hybridized carbons (Fsp3) is 0.867. The van der Waals surface area contributed by atoms with Crippen LogP contribution in [0.5, 0.6) is 0 Å². The van der Waals surface area contributed by atoms with E-state index < -0.39 is 18.0 Å². The fourth-order valence-corrected chi connectivity index (χ4v) is 2.76. The highest BCUT2D eigenvalue weighted by Gasteiger charge is 2.36. The van der Waals surface area contributed by atoms with Crippen molar-refractivity contribution in [2.24, 2.45) is 5.92 Å². The first-order chi connectivity index (χ1) is 9.77. The Morgan fingerprint density at radius 1 is 1.43 bits per heavy atom. The molecule has 2 fully saturated rings. The molecule has 1 saturated heterocycles. The zero-order valence-corrected chi connectivity index (χ0v) is 12.6. The summed E-state index contributed by atoms with van der Waals surface area (Å²) in [5, 5.41) is 0. The Balaban J connectivity index is 1.77. The zero-order valence-electron chi connectivity index (χ0n) is 12.6. The quantitative estimate of drug-likeness (QED) is 0.734. The highest BCUT2D eigenvalue weighted by Crippen LogP contribution is 2.31. The summed E-state index contributed by atoms with van der Waals surface area (Å²) < 4.78 is 30.7. The summed E-state index contributed by atoms with van der Waals surface area (Å²) in [5.74, 6) is -3.69. The van der Waals surface area contributed by atoms with Gasteiger partial charge >= 0.3 is 5.97 Å². The lowest BCUT2D eigenvalue weighted by Crippen LogP contribution is -2.48. The molecular formula is C15H23F2NO3. The number of ether oxygens (including phenoxy) is 1. The van der Waals surface area contributed by atoms with Gasteiger partial charge in [0.05, 0.1) is 0 Å². The summed E-state index contributed by atoms with van der Waals surface area (Å²) in [7, 11) is 0. The SMILES string of the molecule is CC(OC(=O)CC1CCN(C2CCC2)C(=O)C1)C(C)(F)F. The lowest BCUT2D eigenvalue weighted by Gasteiger charge is -2.41. The number of hydrogen-bond acceptors (Lipinski definition) is 3. The van der Waals surface area contributed by atoms with Gasteiger partial charge in [-0.05, 0) is 38.5 Å². The van der Waals surface area contributed by atoms with Crippen LogP contribution in [0.25, 0.3) is 0 Å². The summed E-state index contributed by atoms with van der Waals surface area (Å²) in [6.45, 7) is 2.58. The van der Waals surface area contributed by atoms with Crippen molar-refractivity contribution >= 4 is 11.9 Å². The Hall–Kier alpha value is -1.20. The van der Waals surface area contributed by atoms with Crippen LogP contribution in [0.3, 0.4) is 0 Å². The Kier molecular flexibility index (Phi) is 4.84. The maximum atomic E-state index is 13.0. The van der Waals surface area contributed by atoms with Crippen LogP contribution in [0, 0.1) is 5.92 Å². The third kappa shape index (κ3) is 4.14. The van der Waals surface area contributed by atoms with Crippen molar-refractivity contribution in [1.29, 1.82) is 0 Å². The molecule has 0 N–H and O–H groups in total. The minimum absolute atomic E-state index is 0.0463. The van der Waals surface area contributed by atoms with Gasteiger partial charge in [-0.25, -0.2) is 8.78 Å². The average Bonchev–Trinajstić information content (AvgIpc) is 2.28. The predicted molar refractivity (Wildman–Crippen MR) is 72.9 cm³/mol. The monoisotopic (exact) mass is 303 g/mol. The number of piperidine rings is 1. The number of halogens is 2. The molecule has 2 aliphatic rings. The molecule has 0 aromatic rings. The van der Waals surface area contributed by atoms with E-state index in [-0.39, 0.29) is 18.2 Å². The van der Waals surface area contributed by atoms with E-state index >= 15 is 0 Å². The number of hydrogen-bond donors (Lipinski definition) is 0. The molecular weight excluding hydrogens is 280 g/mol. The molecule has 2 unspecified atom stereocenters. The smallest absolute Gasteiger partial charge is 0.306 e. The molecule has 0 spiro atoms. The number of carbonyl (C=O) groups excluding carboxylic acids is 2. The molecule has 120 valence electrons. The molecule has 0 aromatic heterocycles. The van der Waals surface area contributed by atoms with Crippen molar-refractivity contribution in [3.8, 4) is 0 Å². The van der Waals surface area contributed by atoms with Gasteiger partial charge in [0, 0.05) is 32.4 Å². The maximum absolute atomic E-state index is 13.0. The summed E-state index contributed by atoms with van der Waals surface area (Å²) in [5.41, 5.74) is 0. The van der Waals surface area contributed by atoms with Crippen LogP contribution in [0.1, 0.15) is 52.4 Å². The predicted octanol–water partition coefficient (Wildman–Crippen LogP) is 2.75. The molecule has 0 aromatic carbocycles. The maximum Gasteiger partial charge on any atom is 0.306 e. The van der Waals surface area contributed by atoms with Crippen LogP contribution in [0.4, 0.5) is 8.78 Å². The van der Waals surface area contributed by atoms with Gasteiger partial charge in [0.2, 0.25) is 5.91 Å². The first-order valence-corrected chi connectivity index (χ1v) is 7.64. The van der Waals surface area contributed by atoms with Crippen molar-refractivity contribution in [2.45, 2.75) is 70.4 Å². The Labute approximate surface area is 123 Å². The summed E-state index contributed by atoms with van der Waals surface area (Å²) >= 11 is 0. The van der Waals surface area contributed by atoms with E-state index in [2.05, 4.69) is 0 Å². The van der Waals surface area contributed by atoms with E-state index in [1.54, 1.807) is 0 Å². The van der Waals surface area contributed by atoms with Gasteiger partial charge in [-0.3, -0.25) is 9.59 Å². The van der Waals surface area contributed by atoms with Gasteiger partial charge in [0.25, 0.3) is 5.92 Å². The van der Waals surface area contributed by atoms with E-state index in [9.17, 15) is 18.4 Å². The van der Waals surface area contributed by atoms with Gasteiger partial charge in [-0.1, -0.05) is 0 Å².